The Balaban J connectivity index is 3.16. The molecule has 0 aliphatic rings. The number of hydrogen-bond acceptors (Lipinski definition) is 2. The van der Waals surface area contributed by atoms with Gasteiger partial charge in [0.2, 0.25) is 5.96 Å². The number of hydrogen-bond donors (Lipinski definition) is 2. The minimum absolute atomic E-state index is 0.116. The lowest BCUT2D eigenvalue weighted by molar-refractivity contribution is -0.138. The molecule has 0 fully saturated rings. The van der Waals surface area contributed by atoms with Crippen molar-refractivity contribution < 1.29 is 17.6 Å². The topological polar surface area (TPSA) is 76.8 Å². The second-order valence-electron chi connectivity index (χ2n) is 3.46. The molecule has 4 nitrogen and oxygen atoms in total. The summed E-state index contributed by atoms with van der Waals surface area (Å²) >= 11 is 0. The van der Waals surface area contributed by atoms with Crippen molar-refractivity contribution in [1.82, 2.24) is 0 Å². The summed E-state index contributed by atoms with van der Waals surface area (Å²) in [6.45, 7) is 1.22. The van der Waals surface area contributed by atoms with E-state index in [1.54, 1.807) is 0 Å². The first-order valence-electron chi connectivity index (χ1n) is 4.71. The minimum atomic E-state index is -4.60. The van der Waals surface area contributed by atoms with Gasteiger partial charge in [0.25, 0.3) is 0 Å². The van der Waals surface area contributed by atoms with E-state index < -0.39 is 17.6 Å². The second-order valence-corrected chi connectivity index (χ2v) is 3.46. The van der Waals surface area contributed by atoms with Crippen molar-refractivity contribution in [2.24, 2.45) is 21.7 Å². The molecular formula is C10H10F4N4. The highest BCUT2D eigenvalue weighted by Crippen LogP contribution is 2.32. The smallest absolute Gasteiger partial charge is 0.369 e. The molecule has 0 heterocycles. The van der Waals surface area contributed by atoms with Crippen molar-refractivity contribution in [3.63, 3.8) is 0 Å². The maximum atomic E-state index is 13.4. The molecule has 0 aromatic heterocycles. The van der Waals surface area contributed by atoms with Crippen molar-refractivity contribution in [3.8, 4) is 0 Å². The van der Waals surface area contributed by atoms with Gasteiger partial charge in [0.15, 0.2) is 0 Å². The second kappa shape index (κ2) is 5.03. The van der Waals surface area contributed by atoms with Crippen LogP contribution in [0.15, 0.2) is 22.3 Å². The SMILES string of the molecule is Cc1cc(C=NN=C(N)N)c(F)cc1C(F)(F)F. The van der Waals surface area contributed by atoms with Crippen LogP contribution in [0.3, 0.4) is 0 Å². The third-order valence-corrected chi connectivity index (χ3v) is 2.02. The summed E-state index contributed by atoms with van der Waals surface area (Å²) in [5.41, 5.74) is 8.68. The molecule has 4 N–H and O–H groups in total. The van der Waals surface area contributed by atoms with Gasteiger partial charge in [-0.2, -0.15) is 18.3 Å². The van der Waals surface area contributed by atoms with Crippen molar-refractivity contribution in [2.45, 2.75) is 13.1 Å². The summed E-state index contributed by atoms with van der Waals surface area (Å²) in [5.74, 6) is -1.39. The van der Waals surface area contributed by atoms with E-state index in [0.717, 1.165) is 12.3 Å². The van der Waals surface area contributed by atoms with Gasteiger partial charge in [-0.3, -0.25) is 0 Å². The summed E-state index contributed by atoms with van der Waals surface area (Å²) in [6.07, 6.45) is -3.66. The Kier molecular flexibility index (Phi) is 3.89. The van der Waals surface area contributed by atoms with Gasteiger partial charge in [-0.1, -0.05) is 0 Å². The molecule has 1 aromatic rings. The van der Waals surface area contributed by atoms with Crippen LogP contribution in [0.4, 0.5) is 17.6 Å². The van der Waals surface area contributed by atoms with Crippen molar-refractivity contribution >= 4 is 12.2 Å². The maximum Gasteiger partial charge on any atom is 0.416 e. The van der Waals surface area contributed by atoms with Crippen LogP contribution in [0, 0.1) is 12.7 Å². The molecule has 0 radical (unpaired) electrons. The lowest BCUT2D eigenvalue weighted by Crippen LogP contribution is -2.21. The van der Waals surface area contributed by atoms with E-state index in [0.29, 0.717) is 6.07 Å². The lowest BCUT2D eigenvalue weighted by atomic mass is 10.0. The quantitative estimate of drug-likeness (QED) is 0.369. The normalized spacial score (nSPS) is 11.8. The molecule has 0 aliphatic heterocycles. The Morgan fingerprint density at radius 3 is 2.39 bits per heavy atom. The number of alkyl halides is 3. The van der Waals surface area contributed by atoms with Crippen LogP contribution in [0.25, 0.3) is 0 Å². The molecular weight excluding hydrogens is 252 g/mol. The van der Waals surface area contributed by atoms with Crippen LogP contribution in [0.2, 0.25) is 0 Å². The predicted molar refractivity (Wildman–Crippen MR) is 59.5 cm³/mol. The molecule has 18 heavy (non-hydrogen) atoms. The Morgan fingerprint density at radius 2 is 1.89 bits per heavy atom. The number of aryl methyl sites for hydroxylation is 1. The first kappa shape index (κ1) is 13.9. The number of halogens is 4. The van der Waals surface area contributed by atoms with Gasteiger partial charge in [0.05, 0.1) is 11.8 Å². The number of nitrogens with two attached hydrogens (primary N) is 2. The minimum Gasteiger partial charge on any atom is -0.369 e. The fourth-order valence-corrected chi connectivity index (χ4v) is 1.27. The first-order valence-corrected chi connectivity index (χ1v) is 4.71. The zero-order valence-corrected chi connectivity index (χ0v) is 9.29. The monoisotopic (exact) mass is 262 g/mol. The molecule has 8 heteroatoms. The Morgan fingerprint density at radius 1 is 1.28 bits per heavy atom. The third kappa shape index (κ3) is 3.44. The van der Waals surface area contributed by atoms with E-state index in [2.05, 4.69) is 10.2 Å². The van der Waals surface area contributed by atoms with Gasteiger partial charge < -0.3 is 11.5 Å². The van der Waals surface area contributed by atoms with E-state index in [1.165, 1.54) is 6.92 Å². The summed E-state index contributed by atoms with van der Waals surface area (Å²) in [4.78, 5) is 0. The van der Waals surface area contributed by atoms with E-state index >= 15 is 0 Å². The highest BCUT2D eigenvalue weighted by molar-refractivity contribution is 5.82. The zero-order chi connectivity index (χ0) is 13.9. The highest BCUT2D eigenvalue weighted by Gasteiger charge is 2.33. The van der Waals surface area contributed by atoms with Crippen molar-refractivity contribution in [3.05, 3.63) is 34.6 Å². The average Bonchev–Trinajstić information content (AvgIpc) is 2.20. The van der Waals surface area contributed by atoms with E-state index in [-0.39, 0.29) is 17.1 Å². The average molecular weight is 262 g/mol. The number of rotatable bonds is 2. The molecule has 1 aromatic carbocycles. The van der Waals surface area contributed by atoms with Crippen LogP contribution in [-0.4, -0.2) is 12.2 Å². The summed E-state index contributed by atoms with van der Waals surface area (Å²) in [5, 5.41) is 6.54. The summed E-state index contributed by atoms with van der Waals surface area (Å²) in [6, 6.07) is 1.43. The van der Waals surface area contributed by atoms with Gasteiger partial charge in [-0.15, -0.1) is 5.10 Å². The lowest BCUT2D eigenvalue weighted by Gasteiger charge is -2.11. The molecule has 0 saturated carbocycles. The van der Waals surface area contributed by atoms with Gasteiger partial charge in [0, 0.05) is 5.56 Å². The Bertz CT molecular complexity index is 501. The molecule has 0 bridgehead atoms. The van der Waals surface area contributed by atoms with Gasteiger partial charge in [-0.25, -0.2) is 4.39 Å². The Hall–Kier alpha value is -2.12. The van der Waals surface area contributed by atoms with Crippen LogP contribution in [0.5, 0.6) is 0 Å². The van der Waals surface area contributed by atoms with Crippen LogP contribution < -0.4 is 11.5 Å². The molecule has 0 saturated heterocycles. The fraction of sp³-hybridized carbons (Fsp3) is 0.200. The molecule has 0 unspecified atom stereocenters. The van der Waals surface area contributed by atoms with E-state index in [9.17, 15) is 17.6 Å². The third-order valence-electron chi connectivity index (χ3n) is 2.02. The summed E-state index contributed by atoms with van der Waals surface area (Å²) < 4.78 is 50.8. The Labute approximate surface area is 100.0 Å². The molecule has 0 amide bonds. The predicted octanol–water partition coefficient (Wildman–Crippen LogP) is 1.76. The number of guanidine groups is 1. The largest absolute Gasteiger partial charge is 0.416 e. The number of nitrogens with zero attached hydrogens (tertiary/aromatic N) is 2. The summed E-state index contributed by atoms with van der Waals surface area (Å²) in [7, 11) is 0. The maximum absolute atomic E-state index is 13.4. The van der Waals surface area contributed by atoms with Gasteiger partial charge in [-0.05, 0) is 24.6 Å². The van der Waals surface area contributed by atoms with Crippen molar-refractivity contribution in [1.29, 1.82) is 0 Å². The zero-order valence-electron chi connectivity index (χ0n) is 9.29. The van der Waals surface area contributed by atoms with Crippen LogP contribution >= 0.6 is 0 Å². The molecule has 0 aliphatic carbocycles. The molecule has 98 valence electrons. The van der Waals surface area contributed by atoms with E-state index in [1.807, 2.05) is 0 Å². The van der Waals surface area contributed by atoms with Gasteiger partial charge >= 0.3 is 6.18 Å². The van der Waals surface area contributed by atoms with Crippen LogP contribution in [-0.2, 0) is 6.18 Å². The molecule has 1 rings (SSSR count). The number of benzene rings is 1. The van der Waals surface area contributed by atoms with E-state index in [4.69, 9.17) is 11.5 Å². The molecule has 0 atom stereocenters. The van der Waals surface area contributed by atoms with Gasteiger partial charge in [0.1, 0.15) is 5.82 Å². The first-order chi connectivity index (χ1) is 8.21. The van der Waals surface area contributed by atoms with Crippen LogP contribution in [0.1, 0.15) is 16.7 Å². The standard InChI is InChI=1S/C10H10F4N4/c1-5-2-6(4-17-18-9(15)16)8(11)3-7(5)10(12,13)14/h2-4H,1H3,(H4,15,16,18). The van der Waals surface area contributed by atoms with Crippen molar-refractivity contribution in [2.75, 3.05) is 0 Å². The fourth-order valence-electron chi connectivity index (χ4n) is 1.27. The molecule has 0 spiro atoms. The highest BCUT2D eigenvalue weighted by atomic mass is 19.4.